The second-order valence-corrected chi connectivity index (χ2v) is 4.40. The standard InChI is InChI=1S/C15H20N4O/c1-5-12-18-13(10(3)15(19-12)16-6-2)14-11(20-4)8-7-9-17-14/h7-9H,5-6H2,1-4H3,(H,16,18,19). The zero-order chi connectivity index (χ0) is 14.5. The fraction of sp³-hybridized carbons (Fsp3) is 0.400. The van der Waals surface area contributed by atoms with Gasteiger partial charge in [-0.2, -0.15) is 0 Å². The van der Waals surface area contributed by atoms with Gasteiger partial charge in [-0.25, -0.2) is 9.97 Å². The molecule has 0 aliphatic heterocycles. The van der Waals surface area contributed by atoms with E-state index in [4.69, 9.17) is 4.74 Å². The first kappa shape index (κ1) is 14.2. The van der Waals surface area contributed by atoms with E-state index < -0.39 is 0 Å². The Morgan fingerprint density at radius 3 is 2.65 bits per heavy atom. The molecule has 2 aromatic heterocycles. The van der Waals surface area contributed by atoms with Crippen molar-refractivity contribution in [2.45, 2.75) is 27.2 Å². The first-order chi connectivity index (χ1) is 9.71. The van der Waals surface area contributed by atoms with Crippen LogP contribution in [0.1, 0.15) is 25.2 Å². The maximum atomic E-state index is 5.38. The quantitative estimate of drug-likeness (QED) is 0.907. The molecule has 0 saturated carbocycles. The summed E-state index contributed by atoms with van der Waals surface area (Å²) < 4.78 is 5.38. The molecule has 2 aromatic rings. The minimum atomic E-state index is 0.721. The van der Waals surface area contributed by atoms with E-state index in [-0.39, 0.29) is 0 Å². The minimum Gasteiger partial charge on any atom is -0.494 e. The molecule has 20 heavy (non-hydrogen) atoms. The summed E-state index contributed by atoms with van der Waals surface area (Å²) >= 11 is 0. The maximum Gasteiger partial charge on any atom is 0.146 e. The van der Waals surface area contributed by atoms with Gasteiger partial charge in [0, 0.05) is 24.7 Å². The average Bonchev–Trinajstić information content (AvgIpc) is 2.49. The van der Waals surface area contributed by atoms with Gasteiger partial charge in [0.15, 0.2) is 0 Å². The zero-order valence-corrected chi connectivity index (χ0v) is 12.4. The largest absolute Gasteiger partial charge is 0.494 e. The fourth-order valence-corrected chi connectivity index (χ4v) is 2.02. The molecule has 1 N–H and O–H groups in total. The predicted octanol–water partition coefficient (Wildman–Crippen LogP) is 2.85. The lowest BCUT2D eigenvalue weighted by Gasteiger charge is -2.14. The van der Waals surface area contributed by atoms with Gasteiger partial charge in [0.2, 0.25) is 0 Å². The predicted molar refractivity (Wildman–Crippen MR) is 80.1 cm³/mol. The van der Waals surface area contributed by atoms with E-state index in [1.165, 1.54) is 0 Å². The number of ether oxygens (including phenoxy) is 1. The first-order valence-electron chi connectivity index (χ1n) is 6.82. The summed E-state index contributed by atoms with van der Waals surface area (Å²) in [5.41, 5.74) is 2.56. The van der Waals surface area contributed by atoms with E-state index in [0.717, 1.165) is 47.3 Å². The molecule has 0 aliphatic carbocycles. The zero-order valence-electron chi connectivity index (χ0n) is 12.4. The highest BCUT2D eigenvalue weighted by Crippen LogP contribution is 2.30. The van der Waals surface area contributed by atoms with Gasteiger partial charge in [-0.3, -0.25) is 4.98 Å². The summed E-state index contributed by atoms with van der Waals surface area (Å²) in [6.07, 6.45) is 2.53. The molecule has 2 heterocycles. The highest BCUT2D eigenvalue weighted by molar-refractivity contribution is 5.70. The highest BCUT2D eigenvalue weighted by Gasteiger charge is 2.16. The number of anilines is 1. The Labute approximate surface area is 119 Å². The van der Waals surface area contributed by atoms with Crippen molar-refractivity contribution in [3.05, 3.63) is 29.7 Å². The van der Waals surface area contributed by atoms with E-state index >= 15 is 0 Å². The van der Waals surface area contributed by atoms with Gasteiger partial charge in [-0.1, -0.05) is 6.92 Å². The third kappa shape index (κ3) is 2.71. The number of pyridine rings is 1. The van der Waals surface area contributed by atoms with E-state index in [0.29, 0.717) is 0 Å². The van der Waals surface area contributed by atoms with Crippen LogP contribution in [-0.2, 0) is 6.42 Å². The third-order valence-electron chi connectivity index (χ3n) is 3.07. The molecule has 0 aliphatic rings. The van der Waals surface area contributed by atoms with Crippen molar-refractivity contribution in [3.63, 3.8) is 0 Å². The Morgan fingerprint density at radius 1 is 1.20 bits per heavy atom. The Morgan fingerprint density at radius 2 is 2.00 bits per heavy atom. The lowest BCUT2D eigenvalue weighted by Crippen LogP contribution is -2.08. The van der Waals surface area contributed by atoms with Crippen molar-refractivity contribution in [2.75, 3.05) is 19.0 Å². The molecule has 0 radical (unpaired) electrons. The third-order valence-corrected chi connectivity index (χ3v) is 3.07. The van der Waals surface area contributed by atoms with E-state index in [1.54, 1.807) is 13.3 Å². The van der Waals surface area contributed by atoms with E-state index in [1.807, 2.05) is 32.9 Å². The average molecular weight is 272 g/mol. The molecule has 0 fully saturated rings. The van der Waals surface area contributed by atoms with Crippen LogP contribution in [0.2, 0.25) is 0 Å². The van der Waals surface area contributed by atoms with Gasteiger partial charge in [-0.15, -0.1) is 0 Å². The summed E-state index contributed by atoms with van der Waals surface area (Å²) in [7, 11) is 1.64. The Hall–Kier alpha value is -2.17. The van der Waals surface area contributed by atoms with Crippen molar-refractivity contribution >= 4 is 5.82 Å². The summed E-state index contributed by atoms with van der Waals surface area (Å²) in [6.45, 7) is 6.91. The van der Waals surface area contributed by atoms with Crippen LogP contribution < -0.4 is 10.1 Å². The van der Waals surface area contributed by atoms with Crippen LogP contribution in [-0.4, -0.2) is 28.6 Å². The molecular weight excluding hydrogens is 252 g/mol. The molecule has 5 heteroatoms. The van der Waals surface area contributed by atoms with Crippen LogP contribution >= 0.6 is 0 Å². The minimum absolute atomic E-state index is 0.721. The van der Waals surface area contributed by atoms with Crippen molar-refractivity contribution in [1.29, 1.82) is 0 Å². The smallest absolute Gasteiger partial charge is 0.146 e. The summed E-state index contributed by atoms with van der Waals surface area (Å²) in [5, 5.41) is 3.28. The molecule has 0 saturated heterocycles. The lowest BCUT2D eigenvalue weighted by atomic mass is 10.1. The molecule has 0 unspecified atom stereocenters. The van der Waals surface area contributed by atoms with Crippen LogP contribution in [0, 0.1) is 6.92 Å². The van der Waals surface area contributed by atoms with Gasteiger partial charge < -0.3 is 10.1 Å². The van der Waals surface area contributed by atoms with Gasteiger partial charge in [0.1, 0.15) is 28.8 Å². The maximum absolute atomic E-state index is 5.38. The number of nitrogens with one attached hydrogen (secondary N) is 1. The summed E-state index contributed by atoms with van der Waals surface area (Å²) in [4.78, 5) is 13.6. The van der Waals surface area contributed by atoms with Crippen LogP contribution in [0.4, 0.5) is 5.82 Å². The molecule has 2 rings (SSSR count). The molecule has 0 spiro atoms. The van der Waals surface area contributed by atoms with Crippen LogP contribution in [0.5, 0.6) is 5.75 Å². The number of methoxy groups -OCH3 is 1. The fourth-order valence-electron chi connectivity index (χ4n) is 2.02. The number of aromatic nitrogens is 3. The molecule has 0 atom stereocenters. The normalized spacial score (nSPS) is 10.4. The Kier molecular flexibility index (Phi) is 4.50. The monoisotopic (exact) mass is 272 g/mol. The number of aryl methyl sites for hydroxylation is 1. The number of nitrogens with zero attached hydrogens (tertiary/aromatic N) is 3. The van der Waals surface area contributed by atoms with Gasteiger partial charge in [-0.05, 0) is 26.0 Å². The van der Waals surface area contributed by atoms with Gasteiger partial charge in [0.25, 0.3) is 0 Å². The number of hydrogen-bond donors (Lipinski definition) is 1. The first-order valence-corrected chi connectivity index (χ1v) is 6.82. The topological polar surface area (TPSA) is 59.9 Å². The molecule has 0 amide bonds. The highest BCUT2D eigenvalue weighted by atomic mass is 16.5. The van der Waals surface area contributed by atoms with Gasteiger partial charge in [0.05, 0.1) is 7.11 Å². The van der Waals surface area contributed by atoms with Crippen LogP contribution in [0.15, 0.2) is 18.3 Å². The molecule has 5 nitrogen and oxygen atoms in total. The SMILES string of the molecule is CCNc1nc(CC)nc(-c2ncccc2OC)c1C. The van der Waals surface area contributed by atoms with E-state index in [9.17, 15) is 0 Å². The van der Waals surface area contributed by atoms with E-state index in [2.05, 4.69) is 20.3 Å². The van der Waals surface area contributed by atoms with Crippen molar-refractivity contribution in [3.8, 4) is 17.1 Å². The number of rotatable bonds is 5. The van der Waals surface area contributed by atoms with Crippen LogP contribution in [0.25, 0.3) is 11.4 Å². The van der Waals surface area contributed by atoms with Crippen LogP contribution in [0.3, 0.4) is 0 Å². The van der Waals surface area contributed by atoms with Gasteiger partial charge >= 0.3 is 0 Å². The summed E-state index contributed by atoms with van der Waals surface area (Å²) in [6, 6.07) is 3.74. The number of hydrogen-bond acceptors (Lipinski definition) is 5. The second-order valence-electron chi connectivity index (χ2n) is 4.40. The molecular formula is C15H20N4O. The second kappa shape index (κ2) is 6.32. The van der Waals surface area contributed by atoms with Crippen molar-refractivity contribution in [1.82, 2.24) is 15.0 Å². The molecule has 106 valence electrons. The Bertz CT molecular complexity index is 598. The molecule has 0 aromatic carbocycles. The van der Waals surface area contributed by atoms with Crippen molar-refractivity contribution in [2.24, 2.45) is 0 Å². The Balaban J connectivity index is 2.63. The van der Waals surface area contributed by atoms with Crippen molar-refractivity contribution < 1.29 is 4.74 Å². The lowest BCUT2D eigenvalue weighted by molar-refractivity contribution is 0.414. The molecule has 0 bridgehead atoms. The summed E-state index contributed by atoms with van der Waals surface area (Å²) in [5.74, 6) is 2.38.